The minimum atomic E-state index is -0.116. The van der Waals surface area contributed by atoms with Crippen LogP contribution in [-0.2, 0) is 22.6 Å². The van der Waals surface area contributed by atoms with Gasteiger partial charge in [-0.3, -0.25) is 14.6 Å². The molecule has 42 heavy (non-hydrogen) atoms. The van der Waals surface area contributed by atoms with E-state index in [4.69, 9.17) is 4.74 Å². The van der Waals surface area contributed by atoms with Crippen molar-refractivity contribution in [1.82, 2.24) is 25.3 Å². The van der Waals surface area contributed by atoms with E-state index in [0.717, 1.165) is 76.5 Å². The number of fused-ring (bicyclic) bond motifs is 1. The lowest BCUT2D eigenvalue weighted by Crippen LogP contribution is -2.43. The van der Waals surface area contributed by atoms with Gasteiger partial charge in [0.05, 0.1) is 19.3 Å². The van der Waals surface area contributed by atoms with Crippen molar-refractivity contribution >= 4 is 22.7 Å². The van der Waals surface area contributed by atoms with Crippen LogP contribution < -0.4 is 10.6 Å². The normalized spacial score (nSPS) is 18.6. The number of hydrogen-bond acceptors (Lipinski definition) is 5. The number of hydrogen-bond donors (Lipinski definition) is 2. The SMILES string of the molecule is CC(=O)NC1CCN(Cc2ccc(CN(CCCN3CCOCC3)C(=O)NC(C)c3cccc4ccccc34)cc2)C1. The minimum absolute atomic E-state index is 0.0382. The van der Waals surface area contributed by atoms with Gasteiger partial charge in [-0.05, 0) is 47.2 Å². The van der Waals surface area contributed by atoms with Crippen molar-refractivity contribution in [2.45, 2.75) is 51.9 Å². The summed E-state index contributed by atoms with van der Waals surface area (Å²) in [6.07, 6.45) is 1.90. The Hall–Kier alpha value is -3.46. The van der Waals surface area contributed by atoms with Crippen molar-refractivity contribution in [3.05, 3.63) is 83.4 Å². The first-order valence-electron chi connectivity index (χ1n) is 15.3. The fourth-order valence-electron chi connectivity index (χ4n) is 6.15. The van der Waals surface area contributed by atoms with E-state index in [2.05, 4.69) is 82.0 Å². The van der Waals surface area contributed by atoms with Gasteiger partial charge in [0.1, 0.15) is 0 Å². The molecule has 5 rings (SSSR count). The third kappa shape index (κ3) is 8.31. The number of morpholine rings is 1. The fraction of sp³-hybridized carbons (Fsp3) is 0.471. The third-order valence-corrected chi connectivity index (χ3v) is 8.41. The molecule has 0 spiro atoms. The van der Waals surface area contributed by atoms with Crippen molar-refractivity contribution in [1.29, 1.82) is 0 Å². The van der Waals surface area contributed by atoms with Gasteiger partial charge >= 0.3 is 6.03 Å². The van der Waals surface area contributed by atoms with Gasteiger partial charge in [0.25, 0.3) is 0 Å². The number of carbonyl (C=O) groups is 2. The van der Waals surface area contributed by atoms with Crippen LogP contribution >= 0.6 is 0 Å². The van der Waals surface area contributed by atoms with Gasteiger partial charge in [-0.15, -0.1) is 0 Å². The predicted octanol–water partition coefficient (Wildman–Crippen LogP) is 4.55. The molecule has 2 aliphatic rings. The number of nitrogens with one attached hydrogen (secondary N) is 2. The van der Waals surface area contributed by atoms with Crippen LogP contribution in [0.5, 0.6) is 0 Å². The highest BCUT2D eigenvalue weighted by molar-refractivity contribution is 5.86. The van der Waals surface area contributed by atoms with Crippen molar-refractivity contribution in [3.8, 4) is 0 Å². The second-order valence-electron chi connectivity index (χ2n) is 11.7. The molecule has 2 saturated heterocycles. The third-order valence-electron chi connectivity index (χ3n) is 8.41. The molecule has 3 aromatic rings. The zero-order chi connectivity index (χ0) is 29.3. The van der Waals surface area contributed by atoms with Gasteiger partial charge in [0.2, 0.25) is 5.91 Å². The van der Waals surface area contributed by atoms with Crippen molar-refractivity contribution in [2.75, 3.05) is 52.5 Å². The second-order valence-corrected chi connectivity index (χ2v) is 11.7. The summed E-state index contributed by atoms with van der Waals surface area (Å²) in [7, 11) is 0. The summed E-state index contributed by atoms with van der Waals surface area (Å²) in [5.74, 6) is 0.0382. The molecule has 3 amide bonds. The maximum Gasteiger partial charge on any atom is 0.318 e. The molecule has 224 valence electrons. The Balaban J connectivity index is 1.22. The Morgan fingerprint density at radius 2 is 1.69 bits per heavy atom. The second kappa shape index (κ2) is 14.6. The number of nitrogens with zero attached hydrogens (tertiary/aromatic N) is 3. The van der Waals surface area contributed by atoms with Gasteiger partial charge in [0.15, 0.2) is 0 Å². The number of benzene rings is 3. The first-order valence-corrected chi connectivity index (χ1v) is 15.3. The van der Waals surface area contributed by atoms with Crippen molar-refractivity contribution in [3.63, 3.8) is 0 Å². The average Bonchev–Trinajstić information content (AvgIpc) is 3.43. The van der Waals surface area contributed by atoms with Gasteiger partial charge in [-0.25, -0.2) is 4.79 Å². The lowest BCUT2D eigenvalue weighted by Gasteiger charge is -2.29. The molecule has 2 unspecified atom stereocenters. The lowest BCUT2D eigenvalue weighted by molar-refractivity contribution is -0.119. The Morgan fingerprint density at radius 1 is 0.952 bits per heavy atom. The summed E-state index contributed by atoms with van der Waals surface area (Å²) in [6, 6.07) is 23.3. The Bertz CT molecular complexity index is 1320. The quantitative estimate of drug-likeness (QED) is 0.353. The molecular weight excluding hydrogens is 526 g/mol. The molecule has 0 radical (unpaired) electrons. The molecule has 3 aromatic carbocycles. The predicted molar refractivity (Wildman–Crippen MR) is 167 cm³/mol. The summed E-state index contributed by atoms with van der Waals surface area (Å²) in [4.78, 5) is 31.9. The van der Waals surface area contributed by atoms with E-state index >= 15 is 0 Å². The summed E-state index contributed by atoms with van der Waals surface area (Å²) in [5.41, 5.74) is 3.49. The summed E-state index contributed by atoms with van der Waals surface area (Å²) < 4.78 is 5.50. The van der Waals surface area contributed by atoms with E-state index in [1.54, 1.807) is 6.92 Å². The van der Waals surface area contributed by atoms with Crippen molar-refractivity contribution in [2.24, 2.45) is 0 Å². The fourth-order valence-corrected chi connectivity index (χ4v) is 6.15. The van der Waals surface area contributed by atoms with Gasteiger partial charge < -0.3 is 20.3 Å². The molecule has 0 aromatic heterocycles. The molecule has 8 heteroatoms. The average molecular weight is 572 g/mol. The summed E-state index contributed by atoms with van der Waals surface area (Å²) in [6.45, 7) is 12.1. The molecule has 2 heterocycles. The van der Waals surface area contributed by atoms with E-state index in [-0.39, 0.29) is 24.0 Å². The number of carbonyl (C=O) groups excluding carboxylic acids is 2. The van der Waals surface area contributed by atoms with Crippen molar-refractivity contribution < 1.29 is 14.3 Å². The number of ether oxygens (including phenoxy) is 1. The highest BCUT2D eigenvalue weighted by Crippen LogP contribution is 2.24. The van der Waals surface area contributed by atoms with Gasteiger partial charge in [-0.1, -0.05) is 66.7 Å². The first-order chi connectivity index (χ1) is 20.4. The van der Waals surface area contributed by atoms with Gasteiger partial charge in [-0.2, -0.15) is 0 Å². The largest absolute Gasteiger partial charge is 0.379 e. The molecule has 2 N–H and O–H groups in total. The van der Waals surface area contributed by atoms with Crippen LogP contribution in [0.2, 0.25) is 0 Å². The van der Waals surface area contributed by atoms with Crippen LogP contribution in [0.3, 0.4) is 0 Å². The van der Waals surface area contributed by atoms with E-state index in [1.165, 1.54) is 16.3 Å². The molecule has 0 aliphatic carbocycles. The Morgan fingerprint density at radius 3 is 2.48 bits per heavy atom. The van der Waals surface area contributed by atoms with Crippen LogP contribution in [0.15, 0.2) is 66.7 Å². The van der Waals surface area contributed by atoms with Crippen LogP contribution in [-0.4, -0.2) is 85.2 Å². The molecular formula is C34H45N5O3. The number of amides is 3. The smallest absolute Gasteiger partial charge is 0.318 e. The standard InChI is InChI=1S/C34H45N5O3/c1-26(32-10-5-8-30-7-3-4-9-33(30)32)35-34(41)39(17-6-16-37-19-21-42-22-20-37)24-29-13-11-28(12-14-29)23-38-18-15-31(25-38)36-27(2)40/h3-5,7-14,26,31H,6,15-25H2,1-2H3,(H,35,41)(H,36,40). The van der Waals surface area contributed by atoms with E-state index in [0.29, 0.717) is 13.1 Å². The first kappa shape index (κ1) is 30.0. The molecule has 2 aliphatic heterocycles. The monoisotopic (exact) mass is 571 g/mol. The van der Waals surface area contributed by atoms with E-state index in [1.807, 2.05) is 17.0 Å². The van der Waals surface area contributed by atoms with E-state index in [9.17, 15) is 9.59 Å². The highest BCUT2D eigenvalue weighted by atomic mass is 16.5. The van der Waals surface area contributed by atoms with Crippen LogP contribution in [0.25, 0.3) is 10.8 Å². The summed E-state index contributed by atoms with van der Waals surface area (Å²) >= 11 is 0. The highest BCUT2D eigenvalue weighted by Gasteiger charge is 2.23. The lowest BCUT2D eigenvalue weighted by atomic mass is 10.00. The maximum atomic E-state index is 13.7. The topological polar surface area (TPSA) is 77.2 Å². The summed E-state index contributed by atoms with van der Waals surface area (Å²) in [5, 5.41) is 8.68. The Labute approximate surface area is 250 Å². The molecule has 0 bridgehead atoms. The number of likely N-dealkylation sites (tertiary alicyclic amines) is 1. The number of rotatable bonds is 11. The van der Waals surface area contributed by atoms with Crippen LogP contribution in [0, 0.1) is 0 Å². The molecule has 0 saturated carbocycles. The minimum Gasteiger partial charge on any atom is -0.379 e. The molecule has 2 fully saturated rings. The Kier molecular flexibility index (Phi) is 10.5. The zero-order valence-corrected chi connectivity index (χ0v) is 25.1. The zero-order valence-electron chi connectivity index (χ0n) is 25.1. The molecule has 2 atom stereocenters. The maximum absolute atomic E-state index is 13.7. The van der Waals surface area contributed by atoms with Crippen LogP contribution in [0.4, 0.5) is 4.79 Å². The molecule has 8 nitrogen and oxygen atoms in total. The van der Waals surface area contributed by atoms with Crippen LogP contribution in [0.1, 0.15) is 49.4 Å². The number of urea groups is 1. The van der Waals surface area contributed by atoms with E-state index < -0.39 is 0 Å². The van der Waals surface area contributed by atoms with Gasteiger partial charge in [0, 0.05) is 65.3 Å².